The van der Waals surface area contributed by atoms with E-state index in [0.717, 1.165) is 39.5 Å². The highest BCUT2D eigenvalue weighted by molar-refractivity contribution is 9.10. The summed E-state index contributed by atoms with van der Waals surface area (Å²) in [5.74, 6) is 1.66. The van der Waals surface area contributed by atoms with Crippen LogP contribution >= 0.6 is 27.3 Å². The van der Waals surface area contributed by atoms with E-state index in [4.69, 9.17) is 0 Å². The van der Waals surface area contributed by atoms with E-state index in [2.05, 4.69) is 57.2 Å². The van der Waals surface area contributed by atoms with Crippen molar-refractivity contribution in [2.24, 2.45) is 0 Å². The molecule has 0 saturated heterocycles. The SMILES string of the molecule is CCc1ccc(-c2nc(CC)c(Br)c(NC)n2)s1. The summed E-state index contributed by atoms with van der Waals surface area (Å²) in [5, 5.41) is 3.11. The summed E-state index contributed by atoms with van der Waals surface area (Å²) in [7, 11) is 1.88. The van der Waals surface area contributed by atoms with Crippen LogP contribution in [0.1, 0.15) is 24.4 Å². The number of aryl methyl sites for hydroxylation is 2. The summed E-state index contributed by atoms with van der Waals surface area (Å²) < 4.78 is 0.962. The van der Waals surface area contributed by atoms with Crippen LogP contribution in [0.15, 0.2) is 16.6 Å². The maximum Gasteiger partial charge on any atom is 0.171 e. The molecule has 0 unspecified atom stereocenters. The van der Waals surface area contributed by atoms with Crippen molar-refractivity contribution < 1.29 is 0 Å². The molecule has 0 aliphatic heterocycles. The Hall–Kier alpha value is -0.940. The Morgan fingerprint density at radius 3 is 2.56 bits per heavy atom. The minimum Gasteiger partial charge on any atom is -0.372 e. The number of halogens is 1. The summed E-state index contributed by atoms with van der Waals surface area (Å²) in [6.07, 6.45) is 1.94. The number of rotatable bonds is 4. The third-order valence-corrected chi connectivity index (χ3v) is 4.78. The number of nitrogens with one attached hydrogen (secondary N) is 1. The van der Waals surface area contributed by atoms with E-state index in [0.29, 0.717) is 0 Å². The van der Waals surface area contributed by atoms with Crippen LogP contribution in [0.2, 0.25) is 0 Å². The molecule has 1 N–H and O–H groups in total. The van der Waals surface area contributed by atoms with Gasteiger partial charge in [0.1, 0.15) is 5.82 Å². The van der Waals surface area contributed by atoms with Gasteiger partial charge in [-0.25, -0.2) is 9.97 Å². The fourth-order valence-corrected chi connectivity index (χ4v) is 3.23. The molecule has 96 valence electrons. The molecule has 0 radical (unpaired) electrons. The van der Waals surface area contributed by atoms with Crippen LogP contribution in [0.4, 0.5) is 5.82 Å². The molecule has 2 heterocycles. The van der Waals surface area contributed by atoms with E-state index in [1.807, 2.05) is 7.05 Å². The first-order chi connectivity index (χ1) is 8.69. The molecule has 0 atom stereocenters. The smallest absolute Gasteiger partial charge is 0.171 e. The molecule has 2 rings (SSSR count). The molecule has 0 saturated carbocycles. The van der Waals surface area contributed by atoms with E-state index in [1.165, 1.54) is 4.88 Å². The van der Waals surface area contributed by atoms with Crippen molar-refractivity contribution in [1.29, 1.82) is 0 Å². The largest absolute Gasteiger partial charge is 0.372 e. The molecule has 0 fully saturated rings. The molecule has 2 aromatic heterocycles. The van der Waals surface area contributed by atoms with Gasteiger partial charge in [0.05, 0.1) is 15.0 Å². The molecule has 0 aliphatic carbocycles. The summed E-state index contributed by atoms with van der Waals surface area (Å²) in [4.78, 5) is 11.7. The number of hydrogen-bond acceptors (Lipinski definition) is 4. The van der Waals surface area contributed by atoms with Gasteiger partial charge in [-0.3, -0.25) is 0 Å². The lowest BCUT2D eigenvalue weighted by Gasteiger charge is -2.08. The monoisotopic (exact) mass is 325 g/mol. The lowest BCUT2D eigenvalue weighted by Crippen LogP contribution is -2.02. The van der Waals surface area contributed by atoms with Crippen molar-refractivity contribution >= 4 is 33.1 Å². The highest BCUT2D eigenvalue weighted by Crippen LogP contribution is 2.30. The minimum atomic E-state index is 0.809. The number of anilines is 1. The highest BCUT2D eigenvalue weighted by Gasteiger charge is 2.12. The predicted molar refractivity (Wildman–Crippen MR) is 81.3 cm³/mol. The zero-order chi connectivity index (χ0) is 13.1. The van der Waals surface area contributed by atoms with Crippen LogP contribution in [-0.2, 0) is 12.8 Å². The number of hydrogen-bond donors (Lipinski definition) is 1. The zero-order valence-corrected chi connectivity index (χ0v) is 13.2. The fraction of sp³-hybridized carbons (Fsp3) is 0.385. The second-order valence-corrected chi connectivity index (χ2v) is 5.84. The first-order valence-corrected chi connectivity index (χ1v) is 7.63. The van der Waals surface area contributed by atoms with Crippen LogP contribution in [0, 0.1) is 0 Å². The lowest BCUT2D eigenvalue weighted by atomic mass is 10.3. The van der Waals surface area contributed by atoms with Crippen molar-refractivity contribution in [2.75, 3.05) is 12.4 Å². The molecule has 0 aromatic carbocycles. The summed E-state index contributed by atoms with van der Waals surface area (Å²) in [6, 6.07) is 4.25. The first kappa shape index (κ1) is 13.5. The van der Waals surface area contributed by atoms with Gasteiger partial charge in [0, 0.05) is 11.9 Å². The standard InChI is InChI=1S/C13H16BrN3S/c1-4-8-6-7-10(18-8)12-16-9(5-2)11(14)13(15-3)17-12/h6-7H,4-5H2,1-3H3,(H,15,16,17). The van der Waals surface area contributed by atoms with Crippen LogP contribution < -0.4 is 5.32 Å². The highest BCUT2D eigenvalue weighted by atomic mass is 79.9. The van der Waals surface area contributed by atoms with E-state index >= 15 is 0 Å². The second-order valence-electron chi connectivity index (χ2n) is 3.88. The molecule has 0 spiro atoms. The first-order valence-electron chi connectivity index (χ1n) is 6.02. The summed E-state index contributed by atoms with van der Waals surface area (Å²) in [5.41, 5.74) is 1.04. The van der Waals surface area contributed by atoms with Gasteiger partial charge in [-0.2, -0.15) is 0 Å². The molecule has 18 heavy (non-hydrogen) atoms. The van der Waals surface area contributed by atoms with Crippen LogP contribution in [0.5, 0.6) is 0 Å². The van der Waals surface area contributed by atoms with Crippen LogP contribution in [0.3, 0.4) is 0 Å². The van der Waals surface area contributed by atoms with Crippen molar-refractivity contribution in [2.45, 2.75) is 26.7 Å². The van der Waals surface area contributed by atoms with E-state index < -0.39 is 0 Å². The molecule has 0 aliphatic rings. The number of nitrogens with zero attached hydrogens (tertiary/aromatic N) is 2. The average Bonchev–Trinajstić information content (AvgIpc) is 2.88. The molecular formula is C13H16BrN3S. The van der Waals surface area contributed by atoms with Crippen molar-refractivity contribution in [3.8, 4) is 10.7 Å². The Morgan fingerprint density at radius 1 is 1.22 bits per heavy atom. The van der Waals surface area contributed by atoms with Crippen molar-refractivity contribution in [3.05, 3.63) is 27.2 Å². The maximum absolute atomic E-state index is 4.63. The third-order valence-electron chi connectivity index (χ3n) is 2.72. The van der Waals surface area contributed by atoms with Gasteiger partial charge in [0.2, 0.25) is 0 Å². The quantitative estimate of drug-likeness (QED) is 0.918. The van der Waals surface area contributed by atoms with Gasteiger partial charge in [-0.1, -0.05) is 13.8 Å². The minimum absolute atomic E-state index is 0.809. The van der Waals surface area contributed by atoms with E-state index in [1.54, 1.807) is 11.3 Å². The molecule has 0 bridgehead atoms. The lowest BCUT2D eigenvalue weighted by molar-refractivity contribution is 0.994. The average molecular weight is 326 g/mol. The van der Waals surface area contributed by atoms with Crippen molar-refractivity contribution in [3.63, 3.8) is 0 Å². The van der Waals surface area contributed by atoms with Crippen molar-refractivity contribution in [1.82, 2.24) is 9.97 Å². The van der Waals surface area contributed by atoms with Gasteiger partial charge in [-0.05, 0) is 40.9 Å². The Morgan fingerprint density at radius 2 is 2.00 bits per heavy atom. The topological polar surface area (TPSA) is 37.8 Å². The van der Waals surface area contributed by atoms with E-state index in [-0.39, 0.29) is 0 Å². The second kappa shape index (κ2) is 5.80. The Balaban J connectivity index is 2.50. The fourth-order valence-electron chi connectivity index (χ4n) is 1.69. The Bertz CT molecular complexity index is 526. The van der Waals surface area contributed by atoms with Gasteiger partial charge in [-0.15, -0.1) is 11.3 Å². The molecule has 5 heteroatoms. The van der Waals surface area contributed by atoms with Gasteiger partial charge in [0.15, 0.2) is 5.82 Å². The molecule has 2 aromatic rings. The Kier molecular flexibility index (Phi) is 4.35. The van der Waals surface area contributed by atoms with E-state index in [9.17, 15) is 0 Å². The van der Waals surface area contributed by atoms with Crippen LogP contribution in [0.25, 0.3) is 10.7 Å². The number of thiophene rings is 1. The normalized spacial score (nSPS) is 10.7. The summed E-state index contributed by atoms with van der Waals surface area (Å²) >= 11 is 5.31. The van der Waals surface area contributed by atoms with Gasteiger partial charge in [0.25, 0.3) is 0 Å². The van der Waals surface area contributed by atoms with Crippen LogP contribution in [-0.4, -0.2) is 17.0 Å². The molecular weight excluding hydrogens is 310 g/mol. The van der Waals surface area contributed by atoms with Gasteiger partial charge >= 0.3 is 0 Å². The number of aromatic nitrogens is 2. The molecule has 0 amide bonds. The predicted octanol–water partition coefficient (Wildman–Crippen LogP) is 4.13. The zero-order valence-electron chi connectivity index (χ0n) is 10.7. The third kappa shape index (κ3) is 2.57. The van der Waals surface area contributed by atoms with Gasteiger partial charge < -0.3 is 5.32 Å². The summed E-state index contributed by atoms with van der Waals surface area (Å²) in [6.45, 7) is 4.26. The Labute approximate surface area is 120 Å². The maximum atomic E-state index is 4.63. The molecule has 3 nitrogen and oxygen atoms in total.